The maximum Gasteiger partial charge on any atom is 0.127 e. The van der Waals surface area contributed by atoms with Crippen LogP contribution >= 0.6 is 0 Å². The molecule has 1 heterocycles. The average Bonchev–Trinajstić information content (AvgIpc) is 2.30. The van der Waals surface area contributed by atoms with Gasteiger partial charge in [-0.25, -0.2) is 0 Å². The Morgan fingerprint density at radius 3 is 2.56 bits per heavy atom. The predicted molar refractivity (Wildman–Crippen MR) is 65.6 cm³/mol. The fraction of sp³-hybridized carbons (Fsp3) is 0.923. The first-order valence-electron chi connectivity index (χ1n) is 6.38. The maximum absolute atomic E-state index is 11.3. The number of nitrogens with zero attached hydrogens (tertiary/aromatic N) is 1. The highest BCUT2D eigenvalue weighted by atomic mass is 16.5. The highest BCUT2D eigenvalue weighted by Gasteiger charge is 2.34. The van der Waals surface area contributed by atoms with E-state index >= 15 is 0 Å². The van der Waals surface area contributed by atoms with Crippen LogP contribution in [0.3, 0.4) is 0 Å². The number of hydrogen-bond acceptors (Lipinski definition) is 3. The second-order valence-corrected chi connectivity index (χ2v) is 5.15. The van der Waals surface area contributed by atoms with Crippen LogP contribution < -0.4 is 0 Å². The van der Waals surface area contributed by atoms with Crippen molar-refractivity contribution in [3.8, 4) is 0 Å². The summed E-state index contributed by atoms with van der Waals surface area (Å²) in [5.74, 6) is 0. The summed E-state index contributed by atoms with van der Waals surface area (Å²) in [6, 6.07) is 0.560. The van der Waals surface area contributed by atoms with Gasteiger partial charge in [-0.3, -0.25) is 0 Å². The smallest absolute Gasteiger partial charge is 0.127 e. The van der Waals surface area contributed by atoms with Gasteiger partial charge in [-0.2, -0.15) is 0 Å². The number of hydrogen-bond donors (Lipinski definition) is 0. The van der Waals surface area contributed by atoms with Crippen molar-refractivity contribution in [3.63, 3.8) is 0 Å². The summed E-state index contributed by atoms with van der Waals surface area (Å²) in [5.41, 5.74) is -0.158. The molecule has 1 unspecified atom stereocenters. The summed E-state index contributed by atoms with van der Waals surface area (Å²) in [7, 11) is 2.13. The van der Waals surface area contributed by atoms with E-state index in [-0.39, 0.29) is 5.41 Å². The molecule has 1 aliphatic rings. The van der Waals surface area contributed by atoms with E-state index in [1.165, 1.54) is 12.8 Å². The molecular weight excluding hydrogens is 202 g/mol. The molecule has 1 atom stereocenters. The highest BCUT2D eigenvalue weighted by molar-refractivity contribution is 5.60. The second-order valence-electron chi connectivity index (χ2n) is 5.15. The van der Waals surface area contributed by atoms with Crippen molar-refractivity contribution in [2.75, 3.05) is 26.8 Å². The number of rotatable bonds is 6. The topological polar surface area (TPSA) is 29.5 Å². The Labute approximate surface area is 99.1 Å². The van der Waals surface area contributed by atoms with Crippen molar-refractivity contribution in [1.29, 1.82) is 0 Å². The number of aldehydes is 1. The SMILES string of the molecule is CCCC(C)N(C)CC1(C=O)CCOCC1. The summed E-state index contributed by atoms with van der Waals surface area (Å²) in [6.45, 7) is 6.78. The Balaban J connectivity index is 2.51. The zero-order valence-corrected chi connectivity index (χ0v) is 10.9. The molecule has 0 N–H and O–H groups in total. The quantitative estimate of drug-likeness (QED) is 0.651. The molecule has 0 saturated carbocycles. The van der Waals surface area contributed by atoms with Crippen LogP contribution in [0.4, 0.5) is 0 Å². The fourth-order valence-electron chi connectivity index (χ4n) is 2.38. The molecule has 0 aromatic carbocycles. The summed E-state index contributed by atoms with van der Waals surface area (Å²) in [5, 5.41) is 0. The zero-order valence-electron chi connectivity index (χ0n) is 10.9. The lowest BCUT2D eigenvalue weighted by atomic mass is 9.81. The van der Waals surface area contributed by atoms with E-state index in [0.29, 0.717) is 6.04 Å². The summed E-state index contributed by atoms with van der Waals surface area (Å²) in [6.07, 6.45) is 5.30. The molecule has 0 aliphatic carbocycles. The molecule has 1 saturated heterocycles. The van der Waals surface area contributed by atoms with Gasteiger partial charge in [-0.1, -0.05) is 13.3 Å². The minimum atomic E-state index is -0.158. The molecule has 3 heteroatoms. The molecule has 1 aliphatic heterocycles. The van der Waals surface area contributed by atoms with Gasteiger partial charge >= 0.3 is 0 Å². The van der Waals surface area contributed by atoms with Crippen molar-refractivity contribution >= 4 is 6.29 Å². The van der Waals surface area contributed by atoms with Gasteiger partial charge < -0.3 is 14.4 Å². The first-order chi connectivity index (χ1) is 7.63. The summed E-state index contributed by atoms with van der Waals surface area (Å²) < 4.78 is 5.34. The highest BCUT2D eigenvalue weighted by Crippen LogP contribution is 2.29. The van der Waals surface area contributed by atoms with Gasteiger partial charge in [0, 0.05) is 31.2 Å². The van der Waals surface area contributed by atoms with E-state index in [1.54, 1.807) is 0 Å². The molecule has 0 aromatic heterocycles. The van der Waals surface area contributed by atoms with Gasteiger partial charge in [0.25, 0.3) is 0 Å². The Morgan fingerprint density at radius 2 is 2.06 bits per heavy atom. The van der Waals surface area contributed by atoms with Crippen molar-refractivity contribution in [2.45, 2.75) is 45.6 Å². The van der Waals surface area contributed by atoms with E-state index in [2.05, 4.69) is 25.8 Å². The Kier molecular flexibility index (Phi) is 5.42. The van der Waals surface area contributed by atoms with Gasteiger partial charge in [0.2, 0.25) is 0 Å². The van der Waals surface area contributed by atoms with Gasteiger partial charge in [-0.05, 0) is 33.2 Å². The van der Waals surface area contributed by atoms with Crippen LogP contribution in [0.2, 0.25) is 0 Å². The molecule has 0 aromatic rings. The third-order valence-electron chi connectivity index (χ3n) is 3.76. The predicted octanol–water partition coefficient (Wildman–Crippen LogP) is 2.10. The molecule has 0 spiro atoms. The maximum atomic E-state index is 11.3. The summed E-state index contributed by atoms with van der Waals surface area (Å²) >= 11 is 0. The van der Waals surface area contributed by atoms with Crippen LogP contribution in [0.15, 0.2) is 0 Å². The van der Waals surface area contributed by atoms with Gasteiger partial charge in [0.05, 0.1) is 0 Å². The van der Waals surface area contributed by atoms with Crippen LogP contribution in [0.5, 0.6) is 0 Å². The van der Waals surface area contributed by atoms with Crippen LogP contribution in [-0.2, 0) is 9.53 Å². The third-order valence-corrected chi connectivity index (χ3v) is 3.76. The standard InChI is InChI=1S/C13H25NO2/c1-4-5-12(2)14(3)10-13(11-15)6-8-16-9-7-13/h11-12H,4-10H2,1-3H3. The Morgan fingerprint density at radius 1 is 1.44 bits per heavy atom. The lowest BCUT2D eigenvalue weighted by Gasteiger charge is -2.37. The molecule has 0 radical (unpaired) electrons. The van der Waals surface area contributed by atoms with Crippen LogP contribution in [0.1, 0.15) is 39.5 Å². The molecule has 3 nitrogen and oxygen atoms in total. The van der Waals surface area contributed by atoms with Crippen molar-refractivity contribution in [3.05, 3.63) is 0 Å². The molecule has 1 fully saturated rings. The van der Waals surface area contributed by atoms with Crippen LogP contribution in [0.25, 0.3) is 0 Å². The molecule has 94 valence electrons. The first-order valence-corrected chi connectivity index (χ1v) is 6.38. The van der Waals surface area contributed by atoms with Crippen LogP contribution in [-0.4, -0.2) is 44.0 Å². The van der Waals surface area contributed by atoms with Gasteiger partial charge in [0.15, 0.2) is 0 Å². The molecular formula is C13H25NO2. The van der Waals surface area contributed by atoms with Gasteiger partial charge in [-0.15, -0.1) is 0 Å². The second kappa shape index (κ2) is 6.36. The first kappa shape index (κ1) is 13.7. The molecule has 0 amide bonds. The lowest BCUT2D eigenvalue weighted by molar-refractivity contribution is -0.123. The van der Waals surface area contributed by atoms with E-state index in [0.717, 1.165) is 38.9 Å². The minimum absolute atomic E-state index is 0.158. The van der Waals surface area contributed by atoms with Crippen molar-refractivity contribution in [2.24, 2.45) is 5.41 Å². The minimum Gasteiger partial charge on any atom is -0.381 e. The number of carbonyl (C=O) groups excluding carboxylic acids is 1. The monoisotopic (exact) mass is 227 g/mol. The number of carbonyl (C=O) groups is 1. The van der Waals surface area contributed by atoms with Crippen molar-refractivity contribution < 1.29 is 9.53 Å². The Bertz CT molecular complexity index is 212. The lowest BCUT2D eigenvalue weighted by Crippen LogP contribution is -2.44. The molecule has 0 bridgehead atoms. The fourth-order valence-corrected chi connectivity index (χ4v) is 2.38. The van der Waals surface area contributed by atoms with E-state index in [4.69, 9.17) is 4.74 Å². The van der Waals surface area contributed by atoms with Crippen molar-refractivity contribution in [1.82, 2.24) is 4.90 Å². The van der Waals surface area contributed by atoms with E-state index < -0.39 is 0 Å². The largest absolute Gasteiger partial charge is 0.381 e. The molecule has 16 heavy (non-hydrogen) atoms. The average molecular weight is 227 g/mol. The zero-order chi connectivity index (χ0) is 12.0. The van der Waals surface area contributed by atoms with E-state index in [1.807, 2.05) is 0 Å². The molecule has 1 rings (SSSR count). The van der Waals surface area contributed by atoms with E-state index in [9.17, 15) is 4.79 Å². The number of ether oxygens (including phenoxy) is 1. The van der Waals surface area contributed by atoms with Gasteiger partial charge in [0.1, 0.15) is 6.29 Å². The Hall–Kier alpha value is -0.410. The third kappa shape index (κ3) is 3.56. The summed E-state index contributed by atoms with van der Waals surface area (Å²) in [4.78, 5) is 13.6. The van der Waals surface area contributed by atoms with Crippen LogP contribution in [0, 0.1) is 5.41 Å². The normalized spacial score (nSPS) is 22.0.